The minimum absolute atomic E-state index is 0.0343. The molecule has 0 heterocycles. The number of benzene rings is 1. The molecule has 2 aliphatic rings. The van der Waals surface area contributed by atoms with Crippen LogP contribution in [0.1, 0.15) is 36.0 Å². The van der Waals surface area contributed by atoms with Gasteiger partial charge in [0.25, 0.3) is 5.91 Å². The molecule has 3 amide bonds. The summed E-state index contributed by atoms with van der Waals surface area (Å²) >= 11 is 0. The molecule has 152 valence electrons. The Bertz CT molecular complexity index is 741. The number of anilines is 1. The topological polar surface area (TPSA) is 102 Å². The summed E-state index contributed by atoms with van der Waals surface area (Å²) in [5.41, 5.74) is 1.07. The second-order valence-corrected chi connectivity index (χ2v) is 7.97. The molecule has 1 aromatic rings. The zero-order valence-corrected chi connectivity index (χ0v) is 16.4. The monoisotopic (exact) mass is 388 g/mol. The van der Waals surface area contributed by atoms with Gasteiger partial charge in [-0.25, -0.2) is 4.79 Å². The van der Waals surface area contributed by atoms with Crippen molar-refractivity contribution in [1.82, 2.24) is 15.1 Å². The van der Waals surface area contributed by atoms with E-state index in [-0.39, 0.29) is 30.6 Å². The van der Waals surface area contributed by atoms with Crippen LogP contribution in [0, 0.1) is 5.92 Å². The Balaban J connectivity index is 1.46. The number of carboxylic acid groups (broad SMARTS) is 1. The number of carboxylic acids is 1. The smallest absolute Gasteiger partial charge is 0.319 e. The molecule has 8 heteroatoms. The molecule has 2 fully saturated rings. The van der Waals surface area contributed by atoms with Crippen LogP contribution in [0.2, 0.25) is 0 Å². The lowest BCUT2D eigenvalue weighted by Crippen LogP contribution is -2.55. The lowest BCUT2D eigenvalue weighted by atomic mass is 9.85. The number of amides is 3. The second kappa shape index (κ2) is 8.60. The maximum Gasteiger partial charge on any atom is 0.319 e. The molecular formula is C20H28N4O4. The number of rotatable bonds is 8. The maximum atomic E-state index is 12.2. The molecule has 28 heavy (non-hydrogen) atoms. The highest BCUT2D eigenvalue weighted by atomic mass is 16.4. The van der Waals surface area contributed by atoms with Gasteiger partial charge in [-0.1, -0.05) is 6.07 Å². The van der Waals surface area contributed by atoms with Crippen molar-refractivity contribution in [1.29, 1.82) is 0 Å². The van der Waals surface area contributed by atoms with Crippen LogP contribution < -0.4 is 10.6 Å². The summed E-state index contributed by atoms with van der Waals surface area (Å²) in [4.78, 5) is 38.9. The van der Waals surface area contributed by atoms with Gasteiger partial charge in [-0.2, -0.15) is 0 Å². The standard InChI is InChI=1S/C20H28N4O4/c1-23(2)19(27)14-4-3-5-15(8-14)21-20(28)22-16-9-17(10-16)24(12-18(25)26)11-13-6-7-13/h3-5,8,13,16-17H,6-7,9-12H2,1-2H3,(H,25,26)(H2,21,22,28). The molecule has 0 aromatic heterocycles. The van der Waals surface area contributed by atoms with E-state index in [2.05, 4.69) is 10.6 Å². The molecule has 2 saturated carbocycles. The van der Waals surface area contributed by atoms with Gasteiger partial charge in [0.15, 0.2) is 0 Å². The van der Waals surface area contributed by atoms with E-state index in [0.717, 1.165) is 19.4 Å². The number of nitrogens with one attached hydrogen (secondary N) is 2. The van der Waals surface area contributed by atoms with Crippen LogP contribution in [0.15, 0.2) is 24.3 Å². The molecular weight excluding hydrogens is 360 g/mol. The first-order valence-electron chi connectivity index (χ1n) is 9.67. The van der Waals surface area contributed by atoms with Gasteiger partial charge in [0.2, 0.25) is 0 Å². The van der Waals surface area contributed by atoms with Gasteiger partial charge in [0.05, 0.1) is 6.54 Å². The minimum Gasteiger partial charge on any atom is -0.480 e. The van der Waals surface area contributed by atoms with E-state index in [0.29, 0.717) is 17.2 Å². The van der Waals surface area contributed by atoms with Crippen LogP contribution in [-0.4, -0.2) is 72.1 Å². The normalized spacial score (nSPS) is 21.0. The predicted molar refractivity (Wildman–Crippen MR) is 105 cm³/mol. The van der Waals surface area contributed by atoms with Crippen LogP contribution >= 0.6 is 0 Å². The molecule has 0 saturated heterocycles. The third-order valence-corrected chi connectivity index (χ3v) is 5.27. The van der Waals surface area contributed by atoms with Gasteiger partial charge >= 0.3 is 12.0 Å². The average Bonchev–Trinajstić information content (AvgIpc) is 3.40. The SMILES string of the molecule is CN(C)C(=O)c1cccc(NC(=O)NC2CC(N(CC(=O)O)CC3CC3)C2)c1. The molecule has 3 N–H and O–H groups in total. The molecule has 0 aliphatic heterocycles. The van der Waals surface area contributed by atoms with Gasteiger partial charge in [0.1, 0.15) is 0 Å². The Morgan fingerprint density at radius 3 is 2.50 bits per heavy atom. The third-order valence-electron chi connectivity index (χ3n) is 5.27. The molecule has 0 spiro atoms. The lowest BCUT2D eigenvalue weighted by molar-refractivity contribution is -0.139. The Morgan fingerprint density at radius 1 is 1.18 bits per heavy atom. The highest BCUT2D eigenvalue weighted by molar-refractivity contribution is 5.96. The molecule has 8 nitrogen and oxygen atoms in total. The van der Waals surface area contributed by atoms with Gasteiger partial charge in [-0.15, -0.1) is 0 Å². The summed E-state index contributed by atoms with van der Waals surface area (Å²) in [5.74, 6) is -0.297. The van der Waals surface area contributed by atoms with Crippen molar-refractivity contribution >= 4 is 23.6 Å². The van der Waals surface area contributed by atoms with Crippen molar-refractivity contribution in [2.24, 2.45) is 5.92 Å². The van der Waals surface area contributed by atoms with Gasteiger partial charge in [-0.3, -0.25) is 14.5 Å². The van der Waals surface area contributed by atoms with Crippen LogP contribution in [-0.2, 0) is 4.79 Å². The summed E-state index contributed by atoms with van der Waals surface area (Å²) in [7, 11) is 3.36. The summed E-state index contributed by atoms with van der Waals surface area (Å²) in [6, 6.07) is 6.75. The summed E-state index contributed by atoms with van der Waals surface area (Å²) in [6.45, 7) is 0.898. The quantitative estimate of drug-likeness (QED) is 0.631. The van der Waals surface area contributed by atoms with Crippen LogP contribution in [0.3, 0.4) is 0 Å². The van der Waals surface area contributed by atoms with Crippen molar-refractivity contribution in [3.8, 4) is 0 Å². The molecule has 2 aliphatic carbocycles. The lowest BCUT2D eigenvalue weighted by Gasteiger charge is -2.42. The van der Waals surface area contributed by atoms with Gasteiger partial charge < -0.3 is 20.6 Å². The summed E-state index contributed by atoms with van der Waals surface area (Å²) in [6.07, 6.45) is 3.88. The Kier molecular flexibility index (Phi) is 6.18. The van der Waals surface area contributed by atoms with E-state index in [1.807, 2.05) is 4.90 Å². The fourth-order valence-electron chi connectivity index (χ4n) is 3.49. The Morgan fingerprint density at radius 2 is 1.89 bits per heavy atom. The number of aliphatic carboxylic acids is 1. The first-order chi connectivity index (χ1) is 13.3. The van der Waals surface area contributed by atoms with Crippen LogP contribution in [0.25, 0.3) is 0 Å². The highest BCUT2D eigenvalue weighted by Gasteiger charge is 2.37. The molecule has 0 radical (unpaired) electrons. The van der Waals surface area contributed by atoms with Crippen molar-refractivity contribution < 1.29 is 19.5 Å². The van der Waals surface area contributed by atoms with E-state index in [9.17, 15) is 14.4 Å². The third kappa shape index (κ3) is 5.45. The maximum absolute atomic E-state index is 12.2. The first-order valence-corrected chi connectivity index (χ1v) is 9.67. The average molecular weight is 388 g/mol. The van der Waals surface area contributed by atoms with Crippen molar-refractivity contribution in [3.05, 3.63) is 29.8 Å². The number of nitrogens with zero attached hydrogens (tertiary/aromatic N) is 2. The molecule has 1 aromatic carbocycles. The minimum atomic E-state index is -0.804. The fraction of sp³-hybridized carbons (Fsp3) is 0.550. The van der Waals surface area contributed by atoms with E-state index in [1.165, 1.54) is 17.7 Å². The first kappa shape index (κ1) is 20.1. The number of carbonyl (C=O) groups is 3. The zero-order chi connectivity index (χ0) is 20.3. The fourth-order valence-corrected chi connectivity index (χ4v) is 3.49. The summed E-state index contributed by atoms with van der Waals surface area (Å²) < 4.78 is 0. The zero-order valence-electron chi connectivity index (χ0n) is 16.4. The van der Waals surface area contributed by atoms with E-state index in [4.69, 9.17) is 5.11 Å². The number of carbonyl (C=O) groups excluding carboxylic acids is 2. The predicted octanol–water partition coefficient (Wildman–Crippen LogP) is 1.84. The Labute approximate surface area is 164 Å². The molecule has 3 rings (SSSR count). The van der Waals surface area contributed by atoms with Crippen LogP contribution in [0.4, 0.5) is 10.5 Å². The highest BCUT2D eigenvalue weighted by Crippen LogP contribution is 2.33. The van der Waals surface area contributed by atoms with E-state index in [1.54, 1.807) is 38.4 Å². The number of hydrogen-bond donors (Lipinski definition) is 3. The Hall–Kier alpha value is -2.61. The van der Waals surface area contributed by atoms with Gasteiger partial charge in [0, 0.05) is 44.0 Å². The van der Waals surface area contributed by atoms with Crippen molar-refractivity contribution in [2.75, 3.05) is 32.5 Å². The molecule has 0 unspecified atom stereocenters. The summed E-state index contributed by atoms with van der Waals surface area (Å²) in [5, 5.41) is 14.8. The largest absolute Gasteiger partial charge is 0.480 e. The van der Waals surface area contributed by atoms with Crippen molar-refractivity contribution in [2.45, 2.75) is 37.8 Å². The number of urea groups is 1. The van der Waals surface area contributed by atoms with Gasteiger partial charge in [-0.05, 0) is 49.8 Å². The van der Waals surface area contributed by atoms with Crippen molar-refractivity contribution in [3.63, 3.8) is 0 Å². The molecule has 0 bridgehead atoms. The van der Waals surface area contributed by atoms with E-state index >= 15 is 0 Å². The second-order valence-electron chi connectivity index (χ2n) is 7.97. The molecule has 0 atom stereocenters. The van der Waals surface area contributed by atoms with E-state index < -0.39 is 5.97 Å². The van der Waals surface area contributed by atoms with Crippen LogP contribution in [0.5, 0.6) is 0 Å². The number of hydrogen-bond acceptors (Lipinski definition) is 4.